The topological polar surface area (TPSA) is 78.6 Å². The van der Waals surface area contributed by atoms with Crippen LogP contribution in [0.2, 0.25) is 19.1 Å². The van der Waals surface area contributed by atoms with Gasteiger partial charge in [0, 0.05) is 0 Å². The first-order chi connectivity index (χ1) is 9.60. The normalized spacial score (nSPS) is 14.5. The molecule has 1 amide bonds. The largest absolute Gasteiger partial charge is 0.460 e. The number of hydrogen-bond donors (Lipinski definition) is 1. The highest BCUT2D eigenvalue weighted by molar-refractivity contribution is 6.71. The number of amides is 1. The zero-order chi connectivity index (χ0) is 17.8. The first-order valence-electron chi connectivity index (χ1n) is 7.78. The molecule has 0 saturated carbocycles. The lowest BCUT2D eigenvalue weighted by molar-refractivity contribution is -0.156. The van der Waals surface area contributed by atoms with E-state index in [0.717, 1.165) is 6.04 Å². The van der Waals surface area contributed by atoms with Gasteiger partial charge in [0.05, 0.1) is 18.9 Å². The maximum Gasteiger partial charge on any atom is 0.308 e. The lowest BCUT2D eigenvalue weighted by Gasteiger charge is -2.34. The van der Waals surface area contributed by atoms with Crippen molar-refractivity contribution in [2.75, 3.05) is 0 Å². The standard InChI is InChI=1S/C16H33NO4Si/c1-15(2,3)11-22(7,8)21-12(9-13(17)18)10-14(19)20-16(4,5)6/h12H,9-11H2,1-8H3,(H2,17,18)/t12-/m1/s1. The summed E-state index contributed by atoms with van der Waals surface area (Å²) in [5, 5.41) is 0. The van der Waals surface area contributed by atoms with E-state index in [1.54, 1.807) is 0 Å². The van der Waals surface area contributed by atoms with E-state index in [1.165, 1.54) is 0 Å². The minimum absolute atomic E-state index is 0.0415. The molecule has 6 heteroatoms. The summed E-state index contributed by atoms with van der Waals surface area (Å²) in [5.74, 6) is -0.826. The molecule has 0 aromatic heterocycles. The Morgan fingerprint density at radius 2 is 1.55 bits per heavy atom. The van der Waals surface area contributed by atoms with Gasteiger partial charge in [-0.2, -0.15) is 0 Å². The van der Waals surface area contributed by atoms with Crippen molar-refractivity contribution in [1.29, 1.82) is 0 Å². The SMILES string of the molecule is CC(C)(C)C[Si](C)(C)O[C@H](CC(N)=O)CC(=O)OC(C)(C)C. The number of ether oxygens (including phenoxy) is 1. The Kier molecular flexibility index (Phi) is 7.29. The van der Waals surface area contributed by atoms with Crippen LogP contribution in [-0.2, 0) is 18.8 Å². The summed E-state index contributed by atoms with van der Waals surface area (Å²) in [6, 6.07) is 0.934. The van der Waals surface area contributed by atoms with Crippen molar-refractivity contribution in [3.05, 3.63) is 0 Å². The van der Waals surface area contributed by atoms with E-state index in [-0.39, 0.29) is 24.2 Å². The fourth-order valence-electron chi connectivity index (χ4n) is 2.72. The summed E-state index contributed by atoms with van der Waals surface area (Å²) in [6.07, 6.45) is -0.406. The minimum Gasteiger partial charge on any atom is -0.460 e. The average molecular weight is 332 g/mol. The Balaban J connectivity index is 4.84. The molecule has 1 atom stereocenters. The molecule has 130 valence electrons. The Hall–Kier alpha value is -0.883. The highest BCUT2D eigenvalue weighted by Gasteiger charge is 2.33. The molecule has 0 heterocycles. The summed E-state index contributed by atoms with van der Waals surface area (Å²) in [4.78, 5) is 23.2. The van der Waals surface area contributed by atoms with Crippen molar-refractivity contribution in [2.45, 2.75) is 85.2 Å². The molecule has 0 aliphatic rings. The summed E-state index contributed by atoms with van der Waals surface area (Å²) < 4.78 is 11.5. The lowest BCUT2D eigenvalue weighted by Crippen LogP contribution is -2.41. The van der Waals surface area contributed by atoms with Crippen LogP contribution in [0.1, 0.15) is 54.4 Å². The third-order valence-corrected chi connectivity index (χ3v) is 5.57. The molecule has 0 saturated heterocycles. The number of hydrogen-bond acceptors (Lipinski definition) is 4. The van der Waals surface area contributed by atoms with Crippen LogP contribution >= 0.6 is 0 Å². The van der Waals surface area contributed by atoms with Crippen molar-refractivity contribution in [2.24, 2.45) is 11.1 Å². The Morgan fingerprint density at radius 1 is 1.05 bits per heavy atom. The van der Waals surface area contributed by atoms with Crippen LogP contribution < -0.4 is 5.73 Å². The summed E-state index contributed by atoms with van der Waals surface area (Å²) in [5.41, 5.74) is 4.88. The van der Waals surface area contributed by atoms with E-state index in [2.05, 4.69) is 33.9 Å². The van der Waals surface area contributed by atoms with Crippen LogP contribution in [-0.4, -0.2) is 31.9 Å². The van der Waals surface area contributed by atoms with Crippen LogP contribution in [0.5, 0.6) is 0 Å². The van der Waals surface area contributed by atoms with Gasteiger partial charge in [-0.1, -0.05) is 20.8 Å². The molecular weight excluding hydrogens is 298 g/mol. The zero-order valence-electron chi connectivity index (χ0n) is 15.4. The molecule has 0 unspecified atom stereocenters. The summed E-state index contributed by atoms with van der Waals surface area (Å²) >= 11 is 0. The average Bonchev–Trinajstić information content (AvgIpc) is 2.05. The van der Waals surface area contributed by atoms with Gasteiger partial charge in [-0.3, -0.25) is 9.59 Å². The van der Waals surface area contributed by atoms with Crippen molar-refractivity contribution in [1.82, 2.24) is 0 Å². The van der Waals surface area contributed by atoms with Crippen LogP contribution in [0.4, 0.5) is 0 Å². The number of carbonyl (C=O) groups is 2. The van der Waals surface area contributed by atoms with E-state index in [1.807, 2.05) is 20.8 Å². The fraction of sp³-hybridized carbons (Fsp3) is 0.875. The molecule has 0 radical (unpaired) electrons. The highest BCUT2D eigenvalue weighted by Crippen LogP contribution is 2.30. The first-order valence-corrected chi connectivity index (χ1v) is 10.9. The Labute approximate surface area is 136 Å². The van der Waals surface area contributed by atoms with Gasteiger partial charge in [-0.15, -0.1) is 0 Å². The maximum atomic E-state index is 12.0. The molecule has 0 fully saturated rings. The number of nitrogens with two attached hydrogens (primary N) is 1. The summed E-state index contributed by atoms with van der Waals surface area (Å²) in [7, 11) is -2.01. The van der Waals surface area contributed by atoms with E-state index >= 15 is 0 Å². The van der Waals surface area contributed by atoms with E-state index < -0.39 is 25.9 Å². The molecule has 5 nitrogen and oxygen atoms in total. The van der Waals surface area contributed by atoms with Crippen LogP contribution in [0.3, 0.4) is 0 Å². The quantitative estimate of drug-likeness (QED) is 0.574. The van der Waals surface area contributed by atoms with Crippen molar-refractivity contribution >= 4 is 20.2 Å². The van der Waals surface area contributed by atoms with Gasteiger partial charge in [0.15, 0.2) is 8.32 Å². The third-order valence-electron chi connectivity index (χ3n) is 2.68. The second kappa shape index (κ2) is 7.59. The van der Waals surface area contributed by atoms with Gasteiger partial charge < -0.3 is 14.9 Å². The highest BCUT2D eigenvalue weighted by atomic mass is 28.4. The van der Waals surface area contributed by atoms with Gasteiger partial charge in [-0.25, -0.2) is 0 Å². The van der Waals surface area contributed by atoms with Crippen molar-refractivity contribution in [3.63, 3.8) is 0 Å². The second-order valence-electron chi connectivity index (χ2n) is 8.70. The zero-order valence-corrected chi connectivity index (χ0v) is 16.4. The molecule has 0 aliphatic heterocycles. The van der Waals surface area contributed by atoms with E-state index in [4.69, 9.17) is 14.9 Å². The number of primary amides is 1. The molecule has 0 aromatic carbocycles. The second-order valence-corrected chi connectivity index (χ2v) is 12.8. The number of rotatable bonds is 7. The fourth-order valence-corrected chi connectivity index (χ4v) is 6.43. The van der Waals surface area contributed by atoms with Gasteiger partial charge >= 0.3 is 5.97 Å². The van der Waals surface area contributed by atoms with Crippen molar-refractivity contribution < 1.29 is 18.8 Å². The maximum absolute atomic E-state index is 12.0. The first kappa shape index (κ1) is 21.1. The molecule has 0 bridgehead atoms. The molecule has 0 rings (SSSR count). The van der Waals surface area contributed by atoms with Gasteiger partial charge in [0.25, 0.3) is 0 Å². The number of carbonyl (C=O) groups excluding carboxylic acids is 2. The molecule has 2 N–H and O–H groups in total. The van der Waals surface area contributed by atoms with Crippen molar-refractivity contribution in [3.8, 4) is 0 Å². The van der Waals surface area contributed by atoms with Crippen LogP contribution in [0.25, 0.3) is 0 Å². The van der Waals surface area contributed by atoms with Gasteiger partial charge in [-0.05, 0) is 45.3 Å². The third kappa shape index (κ3) is 11.7. The van der Waals surface area contributed by atoms with Crippen LogP contribution in [0, 0.1) is 5.41 Å². The van der Waals surface area contributed by atoms with E-state index in [0.29, 0.717) is 0 Å². The lowest BCUT2D eigenvalue weighted by atomic mass is 10.0. The summed E-state index contributed by atoms with van der Waals surface area (Å²) in [6.45, 7) is 16.1. The molecule has 0 aliphatic carbocycles. The molecule has 22 heavy (non-hydrogen) atoms. The predicted octanol–water partition coefficient (Wildman–Crippen LogP) is 3.23. The molecule has 0 aromatic rings. The van der Waals surface area contributed by atoms with Crippen LogP contribution in [0.15, 0.2) is 0 Å². The monoisotopic (exact) mass is 331 g/mol. The Bertz CT molecular complexity index is 394. The molecule has 0 spiro atoms. The molecular formula is C16H33NO4Si. The number of esters is 1. The smallest absolute Gasteiger partial charge is 0.308 e. The Morgan fingerprint density at radius 3 is 1.91 bits per heavy atom. The predicted molar refractivity (Wildman–Crippen MR) is 90.9 cm³/mol. The van der Waals surface area contributed by atoms with E-state index in [9.17, 15) is 9.59 Å². The van der Waals surface area contributed by atoms with Gasteiger partial charge in [0.1, 0.15) is 5.60 Å². The minimum atomic E-state index is -2.01. The van der Waals surface area contributed by atoms with Gasteiger partial charge in [0.2, 0.25) is 5.91 Å².